The van der Waals surface area contributed by atoms with Crippen molar-refractivity contribution in [2.45, 2.75) is 39.0 Å². The van der Waals surface area contributed by atoms with E-state index < -0.39 is 5.60 Å². The van der Waals surface area contributed by atoms with E-state index in [4.69, 9.17) is 9.47 Å². The van der Waals surface area contributed by atoms with E-state index in [1.807, 2.05) is 20.8 Å². The molecule has 0 aromatic heterocycles. The Hall–Kier alpha value is -1.15. The Morgan fingerprint density at radius 2 is 2.04 bits per heavy atom. The number of benzene rings is 1. The summed E-state index contributed by atoms with van der Waals surface area (Å²) in [6, 6.07) is 6.44. The predicted molar refractivity (Wildman–Crippen MR) is 109 cm³/mol. The van der Waals surface area contributed by atoms with Gasteiger partial charge in [0, 0.05) is 50.3 Å². The lowest BCUT2D eigenvalue weighted by molar-refractivity contribution is 0.0134. The summed E-state index contributed by atoms with van der Waals surface area (Å²) in [6.45, 7) is 12.1. The third-order valence-electron chi connectivity index (χ3n) is 4.80. The van der Waals surface area contributed by atoms with Crippen LogP contribution in [0.4, 0.5) is 4.79 Å². The lowest BCUT2D eigenvalue weighted by Gasteiger charge is -2.36. The van der Waals surface area contributed by atoms with Crippen LogP contribution >= 0.6 is 15.9 Å². The van der Waals surface area contributed by atoms with E-state index in [0.29, 0.717) is 13.1 Å². The molecule has 0 radical (unpaired) electrons. The third kappa shape index (κ3) is 5.91. The van der Waals surface area contributed by atoms with Crippen molar-refractivity contribution in [3.63, 3.8) is 0 Å². The molecule has 0 aliphatic carbocycles. The predicted octanol–water partition coefficient (Wildman–Crippen LogP) is 3.16. The summed E-state index contributed by atoms with van der Waals surface area (Å²) in [5.41, 5.74) is 2.08. The van der Waals surface area contributed by atoms with Gasteiger partial charge in [0.1, 0.15) is 5.60 Å². The molecule has 1 N–H and O–H groups in total. The first-order valence-corrected chi connectivity index (χ1v) is 10.4. The Balaban J connectivity index is 1.60. The van der Waals surface area contributed by atoms with E-state index in [1.165, 1.54) is 11.1 Å². The highest BCUT2D eigenvalue weighted by molar-refractivity contribution is 9.10. The summed E-state index contributed by atoms with van der Waals surface area (Å²) in [5.74, 6) is 0. The van der Waals surface area contributed by atoms with Crippen molar-refractivity contribution in [2.24, 2.45) is 0 Å². The van der Waals surface area contributed by atoms with Gasteiger partial charge >= 0.3 is 6.09 Å². The van der Waals surface area contributed by atoms with Gasteiger partial charge in [0.25, 0.3) is 0 Å². The summed E-state index contributed by atoms with van der Waals surface area (Å²) >= 11 is 3.59. The molecule has 1 aromatic carbocycles. The molecule has 2 heterocycles. The number of nitrogens with zero attached hydrogens (tertiary/aromatic N) is 2. The standard InChI is InChI=1S/C20H30BrN3O3/c1-20(2,3)27-19(25)24-9-7-23(8-10-24)14-15-4-5-16(21)12-17(15)18-13-22-6-11-26-18/h4-5,12,18,22H,6-11,13-14H2,1-3H3. The number of piperazine rings is 1. The highest BCUT2D eigenvalue weighted by Gasteiger charge is 2.27. The van der Waals surface area contributed by atoms with E-state index in [9.17, 15) is 4.79 Å². The second-order valence-electron chi connectivity index (χ2n) is 8.15. The van der Waals surface area contributed by atoms with Gasteiger partial charge in [0.2, 0.25) is 0 Å². The number of carbonyl (C=O) groups excluding carboxylic acids is 1. The Bertz CT molecular complexity index is 648. The summed E-state index contributed by atoms with van der Waals surface area (Å²) in [7, 11) is 0. The molecule has 1 amide bonds. The molecule has 0 spiro atoms. The average Bonchev–Trinajstić information content (AvgIpc) is 2.63. The minimum atomic E-state index is -0.450. The molecule has 0 bridgehead atoms. The van der Waals surface area contributed by atoms with Crippen LogP contribution in [0.25, 0.3) is 0 Å². The van der Waals surface area contributed by atoms with Crippen LogP contribution in [0.15, 0.2) is 22.7 Å². The van der Waals surface area contributed by atoms with Crippen LogP contribution < -0.4 is 5.32 Å². The van der Waals surface area contributed by atoms with Crippen LogP contribution in [-0.4, -0.2) is 67.4 Å². The lowest BCUT2D eigenvalue weighted by atomic mass is 10.0. The zero-order valence-electron chi connectivity index (χ0n) is 16.5. The van der Waals surface area contributed by atoms with E-state index in [-0.39, 0.29) is 12.2 Å². The molecule has 2 aliphatic heterocycles. The molecule has 2 saturated heterocycles. The lowest BCUT2D eigenvalue weighted by Crippen LogP contribution is -2.49. The van der Waals surface area contributed by atoms with Gasteiger partial charge in [0.15, 0.2) is 0 Å². The van der Waals surface area contributed by atoms with Gasteiger partial charge in [-0.2, -0.15) is 0 Å². The van der Waals surface area contributed by atoms with Gasteiger partial charge in [-0.15, -0.1) is 0 Å². The van der Waals surface area contributed by atoms with Crippen LogP contribution in [-0.2, 0) is 16.0 Å². The second-order valence-corrected chi connectivity index (χ2v) is 9.07. The van der Waals surface area contributed by atoms with Gasteiger partial charge in [-0.05, 0) is 44.0 Å². The largest absolute Gasteiger partial charge is 0.444 e. The molecular weight excluding hydrogens is 410 g/mol. The highest BCUT2D eigenvalue weighted by atomic mass is 79.9. The SMILES string of the molecule is CC(C)(C)OC(=O)N1CCN(Cc2ccc(Br)cc2C2CNCCO2)CC1. The Morgan fingerprint density at radius 3 is 2.67 bits per heavy atom. The minimum Gasteiger partial charge on any atom is -0.444 e. The fraction of sp³-hybridized carbons (Fsp3) is 0.650. The molecular formula is C20H30BrN3O3. The van der Waals surface area contributed by atoms with Crippen LogP contribution in [0.2, 0.25) is 0 Å². The van der Waals surface area contributed by atoms with Crippen molar-refractivity contribution >= 4 is 22.0 Å². The molecule has 1 unspecified atom stereocenters. The summed E-state index contributed by atoms with van der Waals surface area (Å²) < 4.78 is 12.5. The Kier molecular flexibility index (Phi) is 6.78. The molecule has 2 aliphatic rings. The number of hydrogen-bond donors (Lipinski definition) is 1. The molecule has 7 heteroatoms. The monoisotopic (exact) mass is 439 g/mol. The van der Waals surface area contributed by atoms with Gasteiger partial charge in [-0.1, -0.05) is 22.0 Å². The van der Waals surface area contributed by atoms with Gasteiger partial charge in [-0.25, -0.2) is 4.79 Å². The smallest absolute Gasteiger partial charge is 0.410 e. The average molecular weight is 440 g/mol. The zero-order valence-corrected chi connectivity index (χ0v) is 18.0. The first-order valence-electron chi connectivity index (χ1n) is 9.63. The second kappa shape index (κ2) is 8.90. The normalized spacial score (nSPS) is 21.9. The Morgan fingerprint density at radius 1 is 1.30 bits per heavy atom. The first kappa shape index (κ1) is 20.6. The van der Waals surface area contributed by atoms with Gasteiger partial charge in [0.05, 0.1) is 12.7 Å². The van der Waals surface area contributed by atoms with E-state index >= 15 is 0 Å². The quantitative estimate of drug-likeness (QED) is 0.783. The van der Waals surface area contributed by atoms with Crippen LogP contribution in [0.3, 0.4) is 0 Å². The molecule has 27 heavy (non-hydrogen) atoms. The topological polar surface area (TPSA) is 54.0 Å². The number of hydrogen-bond acceptors (Lipinski definition) is 5. The number of carbonyl (C=O) groups is 1. The summed E-state index contributed by atoms with van der Waals surface area (Å²) in [5, 5.41) is 3.41. The third-order valence-corrected chi connectivity index (χ3v) is 5.29. The van der Waals surface area contributed by atoms with Crippen molar-refractivity contribution in [3.8, 4) is 0 Å². The summed E-state index contributed by atoms with van der Waals surface area (Å²) in [4.78, 5) is 16.4. The highest BCUT2D eigenvalue weighted by Crippen LogP contribution is 2.27. The molecule has 1 atom stereocenters. The maximum Gasteiger partial charge on any atom is 0.410 e. The number of rotatable bonds is 3. The van der Waals surface area contributed by atoms with Crippen molar-refractivity contribution in [3.05, 3.63) is 33.8 Å². The molecule has 6 nitrogen and oxygen atoms in total. The van der Waals surface area contributed by atoms with E-state index in [1.54, 1.807) is 4.90 Å². The maximum absolute atomic E-state index is 12.2. The number of morpholine rings is 1. The first-order chi connectivity index (χ1) is 12.8. The minimum absolute atomic E-state index is 0.0919. The van der Waals surface area contributed by atoms with Crippen LogP contribution in [0.5, 0.6) is 0 Å². The van der Waals surface area contributed by atoms with Crippen LogP contribution in [0.1, 0.15) is 38.0 Å². The number of halogens is 1. The van der Waals surface area contributed by atoms with Crippen molar-refractivity contribution < 1.29 is 14.3 Å². The molecule has 3 rings (SSSR count). The number of amides is 1. The van der Waals surface area contributed by atoms with E-state index in [2.05, 4.69) is 44.3 Å². The van der Waals surface area contributed by atoms with Crippen molar-refractivity contribution in [1.29, 1.82) is 0 Å². The molecule has 0 saturated carbocycles. The van der Waals surface area contributed by atoms with E-state index in [0.717, 1.165) is 43.8 Å². The fourth-order valence-electron chi connectivity index (χ4n) is 3.43. The molecule has 1 aromatic rings. The van der Waals surface area contributed by atoms with Gasteiger partial charge in [-0.3, -0.25) is 4.90 Å². The zero-order chi connectivity index (χ0) is 19.4. The Labute approximate surface area is 170 Å². The van der Waals surface area contributed by atoms with Crippen molar-refractivity contribution in [1.82, 2.24) is 15.1 Å². The van der Waals surface area contributed by atoms with Crippen molar-refractivity contribution in [2.75, 3.05) is 45.9 Å². The maximum atomic E-state index is 12.2. The molecule has 2 fully saturated rings. The number of ether oxygens (including phenoxy) is 2. The fourth-order valence-corrected chi connectivity index (χ4v) is 3.81. The van der Waals surface area contributed by atoms with Gasteiger partial charge < -0.3 is 19.7 Å². The summed E-state index contributed by atoms with van der Waals surface area (Å²) in [6.07, 6.45) is -0.123. The molecule has 150 valence electrons. The van der Waals surface area contributed by atoms with Crippen LogP contribution in [0, 0.1) is 0 Å². The number of nitrogens with one attached hydrogen (secondary N) is 1.